The molecule has 1 fully saturated rings. The van der Waals surface area contributed by atoms with Gasteiger partial charge in [0.2, 0.25) is 0 Å². The molecule has 1 heterocycles. The van der Waals surface area contributed by atoms with Crippen LogP contribution in [-0.2, 0) is 6.18 Å². The van der Waals surface area contributed by atoms with Crippen molar-refractivity contribution in [1.82, 2.24) is 9.97 Å². The van der Waals surface area contributed by atoms with Gasteiger partial charge in [0.1, 0.15) is 5.82 Å². The van der Waals surface area contributed by atoms with Gasteiger partial charge in [0.25, 0.3) is 0 Å². The van der Waals surface area contributed by atoms with Crippen LogP contribution in [-0.4, -0.2) is 15.5 Å². The molecule has 0 aromatic carbocycles. The fourth-order valence-corrected chi connectivity index (χ4v) is 2.13. The first-order valence-corrected chi connectivity index (χ1v) is 5.57. The van der Waals surface area contributed by atoms with Gasteiger partial charge in [0.05, 0.1) is 12.4 Å². The summed E-state index contributed by atoms with van der Waals surface area (Å²) in [5.74, 6) is 0.405. The number of hydrogen-bond acceptors (Lipinski definition) is 3. The minimum Gasteiger partial charge on any atom is -0.364 e. The van der Waals surface area contributed by atoms with E-state index in [4.69, 9.17) is 0 Å². The largest absolute Gasteiger partial charge is 0.434 e. The second kappa shape index (κ2) is 4.16. The lowest BCUT2D eigenvalue weighted by atomic mass is 10.0. The van der Waals surface area contributed by atoms with Gasteiger partial charge in [-0.15, -0.1) is 0 Å². The maximum atomic E-state index is 12.3. The number of alkyl halides is 3. The van der Waals surface area contributed by atoms with Gasteiger partial charge in [-0.2, -0.15) is 13.2 Å². The number of hydrogen-bond donors (Lipinski definition) is 1. The predicted molar refractivity (Wildman–Crippen MR) is 57.5 cm³/mol. The van der Waals surface area contributed by atoms with Crippen molar-refractivity contribution >= 4 is 5.82 Å². The van der Waals surface area contributed by atoms with Crippen LogP contribution in [0.1, 0.15) is 38.3 Å². The summed E-state index contributed by atoms with van der Waals surface area (Å²) in [7, 11) is 0. The molecule has 1 saturated carbocycles. The zero-order valence-electron chi connectivity index (χ0n) is 9.51. The molecule has 0 spiro atoms. The van der Waals surface area contributed by atoms with Crippen LogP contribution in [0.5, 0.6) is 0 Å². The molecule has 1 aliphatic carbocycles. The van der Waals surface area contributed by atoms with E-state index in [1.165, 1.54) is 0 Å². The van der Waals surface area contributed by atoms with E-state index in [2.05, 4.69) is 22.2 Å². The second-order valence-corrected chi connectivity index (χ2v) is 4.68. The van der Waals surface area contributed by atoms with Crippen LogP contribution in [0, 0.1) is 0 Å². The van der Waals surface area contributed by atoms with E-state index in [0.29, 0.717) is 5.82 Å². The quantitative estimate of drug-likeness (QED) is 0.869. The third kappa shape index (κ3) is 2.87. The van der Waals surface area contributed by atoms with E-state index in [-0.39, 0.29) is 5.54 Å². The molecule has 1 N–H and O–H groups in total. The van der Waals surface area contributed by atoms with Crippen molar-refractivity contribution in [2.24, 2.45) is 0 Å². The van der Waals surface area contributed by atoms with Crippen molar-refractivity contribution in [3.8, 4) is 0 Å². The first-order chi connectivity index (χ1) is 7.89. The van der Waals surface area contributed by atoms with Crippen LogP contribution >= 0.6 is 0 Å². The van der Waals surface area contributed by atoms with E-state index in [0.717, 1.165) is 38.1 Å². The summed E-state index contributed by atoms with van der Waals surface area (Å²) in [6.45, 7) is 2.05. The normalized spacial score (nSPS) is 19.3. The van der Waals surface area contributed by atoms with E-state index in [1.54, 1.807) is 0 Å². The Hall–Kier alpha value is -1.33. The molecule has 2 rings (SSSR count). The highest BCUT2D eigenvalue weighted by Gasteiger charge is 2.33. The average Bonchev–Trinajstić information content (AvgIpc) is 2.64. The van der Waals surface area contributed by atoms with Crippen LogP contribution in [0.3, 0.4) is 0 Å². The van der Waals surface area contributed by atoms with Crippen molar-refractivity contribution in [2.45, 2.75) is 44.3 Å². The smallest absolute Gasteiger partial charge is 0.364 e. The predicted octanol–water partition coefficient (Wildman–Crippen LogP) is 3.24. The Bertz CT molecular complexity index is 380. The molecule has 17 heavy (non-hydrogen) atoms. The summed E-state index contributed by atoms with van der Waals surface area (Å²) in [5.41, 5.74) is -1.02. The molecule has 0 amide bonds. The highest BCUT2D eigenvalue weighted by Crippen LogP contribution is 2.32. The molecular weight excluding hydrogens is 231 g/mol. The average molecular weight is 245 g/mol. The minimum absolute atomic E-state index is 0.0611. The van der Waals surface area contributed by atoms with Gasteiger partial charge in [-0.25, -0.2) is 9.97 Å². The summed E-state index contributed by atoms with van der Waals surface area (Å²) in [6, 6.07) is 0. The molecule has 0 bridgehead atoms. The molecule has 0 unspecified atom stereocenters. The van der Waals surface area contributed by atoms with Crippen LogP contribution in [0.25, 0.3) is 0 Å². The van der Waals surface area contributed by atoms with Crippen LogP contribution < -0.4 is 5.32 Å². The zero-order chi connectivity index (χ0) is 12.5. The molecule has 3 nitrogen and oxygen atoms in total. The van der Waals surface area contributed by atoms with Crippen molar-refractivity contribution in [3.63, 3.8) is 0 Å². The van der Waals surface area contributed by atoms with Crippen molar-refractivity contribution < 1.29 is 13.2 Å². The van der Waals surface area contributed by atoms with Crippen molar-refractivity contribution in [2.75, 3.05) is 5.32 Å². The maximum absolute atomic E-state index is 12.3. The highest BCUT2D eigenvalue weighted by atomic mass is 19.4. The first kappa shape index (κ1) is 12.1. The van der Waals surface area contributed by atoms with Gasteiger partial charge < -0.3 is 5.32 Å². The molecular formula is C11H14F3N3. The zero-order valence-corrected chi connectivity index (χ0v) is 9.51. The first-order valence-electron chi connectivity index (χ1n) is 5.57. The number of nitrogens with zero attached hydrogens (tertiary/aromatic N) is 2. The minimum atomic E-state index is -4.43. The Morgan fingerprint density at radius 2 is 1.82 bits per heavy atom. The topological polar surface area (TPSA) is 37.8 Å². The number of aromatic nitrogens is 2. The monoisotopic (exact) mass is 245 g/mol. The molecule has 1 aliphatic rings. The Labute approximate surface area is 97.5 Å². The summed E-state index contributed by atoms with van der Waals surface area (Å²) >= 11 is 0. The summed E-state index contributed by atoms with van der Waals surface area (Å²) in [6.07, 6.45) is 1.77. The fraction of sp³-hybridized carbons (Fsp3) is 0.636. The van der Waals surface area contributed by atoms with Gasteiger partial charge >= 0.3 is 6.18 Å². The van der Waals surface area contributed by atoms with Crippen molar-refractivity contribution in [3.05, 3.63) is 18.1 Å². The number of halogens is 3. The van der Waals surface area contributed by atoms with Gasteiger partial charge in [-0.05, 0) is 19.8 Å². The lowest BCUT2D eigenvalue weighted by Gasteiger charge is -2.25. The summed E-state index contributed by atoms with van der Waals surface area (Å²) < 4.78 is 36.8. The summed E-state index contributed by atoms with van der Waals surface area (Å²) in [4.78, 5) is 7.13. The molecule has 0 saturated heterocycles. The number of anilines is 1. The lowest BCUT2D eigenvalue weighted by Crippen LogP contribution is -2.31. The molecule has 0 atom stereocenters. The third-order valence-corrected chi connectivity index (χ3v) is 3.08. The van der Waals surface area contributed by atoms with Gasteiger partial charge in [-0.3, -0.25) is 0 Å². The molecule has 0 aliphatic heterocycles. The Balaban J connectivity index is 2.08. The van der Waals surface area contributed by atoms with Gasteiger partial charge in [-0.1, -0.05) is 12.8 Å². The highest BCUT2D eigenvalue weighted by molar-refractivity contribution is 5.35. The number of nitrogens with one attached hydrogen (secondary N) is 1. The molecule has 6 heteroatoms. The van der Waals surface area contributed by atoms with E-state index in [1.807, 2.05) is 0 Å². The molecule has 1 aromatic rings. The standard InChI is InChI=1S/C11H14F3N3/c1-10(4-2-3-5-10)17-9-7-15-8(6-16-9)11(12,13)14/h6-7H,2-5H2,1H3,(H,16,17). The van der Waals surface area contributed by atoms with Crippen LogP contribution in [0.15, 0.2) is 12.4 Å². The molecule has 94 valence electrons. The lowest BCUT2D eigenvalue weighted by molar-refractivity contribution is -0.141. The second-order valence-electron chi connectivity index (χ2n) is 4.68. The fourth-order valence-electron chi connectivity index (χ4n) is 2.13. The Morgan fingerprint density at radius 3 is 2.29 bits per heavy atom. The Kier molecular flexibility index (Phi) is 2.97. The van der Waals surface area contributed by atoms with E-state index in [9.17, 15) is 13.2 Å². The van der Waals surface area contributed by atoms with Crippen molar-refractivity contribution in [1.29, 1.82) is 0 Å². The van der Waals surface area contributed by atoms with Crippen LogP contribution in [0.2, 0.25) is 0 Å². The SMILES string of the molecule is CC1(Nc2cnc(C(F)(F)F)cn2)CCCC1. The molecule has 0 radical (unpaired) electrons. The van der Waals surface area contributed by atoms with Crippen LogP contribution in [0.4, 0.5) is 19.0 Å². The van der Waals surface area contributed by atoms with E-state index < -0.39 is 11.9 Å². The van der Waals surface area contributed by atoms with E-state index >= 15 is 0 Å². The van der Waals surface area contributed by atoms with Gasteiger partial charge in [0.15, 0.2) is 5.69 Å². The maximum Gasteiger partial charge on any atom is 0.434 e. The third-order valence-electron chi connectivity index (χ3n) is 3.08. The number of rotatable bonds is 2. The summed E-state index contributed by atoms with van der Waals surface area (Å²) in [5, 5.41) is 3.15. The van der Waals surface area contributed by atoms with Gasteiger partial charge in [0, 0.05) is 5.54 Å². The Morgan fingerprint density at radius 1 is 1.18 bits per heavy atom. The molecule has 1 aromatic heterocycles.